The van der Waals surface area contributed by atoms with Gasteiger partial charge in [-0.05, 0) is 112 Å². The number of carbonyl (C=O) groups excluding carboxylic acids is 1. The number of ether oxygens (including phenoxy) is 1. The Labute approximate surface area is 263 Å². The number of benzene rings is 2. The van der Waals surface area contributed by atoms with Crippen LogP contribution in [-0.2, 0) is 15.9 Å². The van der Waals surface area contributed by atoms with Gasteiger partial charge in [0.25, 0.3) is 5.89 Å². The highest BCUT2D eigenvalue weighted by atomic mass is 19.1. The third kappa shape index (κ3) is 5.63. The van der Waals surface area contributed by atoms with E-state index in [1.165, 1.54) is 0 Å². The molecule has 2 bridgehead atoms. The van der Waals surface area contributed by atoms with Gasteiger partial charge in [-0.15, -0.1) is 0 Å². The molecule has 5 aliphatic carbocycles. The van der Waals surface area contributed by atoms with E-state index in [2.05, 4.69) is 21.1 Å². The van der Waals surface area contributed by atoms with Gasteiger partial charge in [-0.3, -0.25) is 9.64 Å². The summed E-state index contributed by atoms with van der Waals surface area (Å²) in [6.07, 6.45) is 7.33. The number of amides is 1. The number of hydrogen-bond donors (Lipinski definition) is 1. The zero-order valence-corrected chi connectivity index (χ0v) is 26.3. The summed E-state index contributed by atoms with van der Waals surface area (Å²) in [5.74, 6) is 1.28. The van der Waals surface area contributed by atoms with Crippen molar-refractivity contribution in [3.05, 3.63) is 71.7 Å². The summed E-state index contributed by atoms with van der Waals surface area (Å²) in [6, 6.07) is 15.8. The van der Waals surface area contributed by atoms with Crippen LogP contribution in [0.1, 0.15) is 96.7 Å². The van der Waals surface area contributed by atoms with Gasteiger partial charge in [-0.1, -0.05) is 29.4 Å². The maximum atomic E-state index is 14.6. The Bertz CT molecular complexity index is 1620. The predicted octanol–water partition coefficient (Wildman–Crippen LogP) is 7.52. The van der Waals surface area contributed by atoms with E-state index in [0.29, 0.717) is 43.8 Å². The van der Waals surface area contributed by atoms with Crippen molar-refractivity contribution in [1.29, 1.82) is 0 Å². The maximum absolute atomic E-state index is 14.6. The highest BCUT2D eigenvalue weighted by molar-refractivity contribution is 5.96. The summed E-state index contributed by atoms with van der Waals surface area (Å²) in [7, 11) is 0. The lowest BCUT2D eigenvalue weighted by Gasteiger charge is -2.54. The van der Waals surface area contributed by atoms with E-state index in [1.54, 1.807) is 20.8 Å². The summed E-state index contributed by atoms with van der Waals surface area (Å²) in [6.45, 7) is 13.2. The number of carbonyl (C=O) groups is 1. The number of rotatable bonds is 9. The molecule has 5 fully saturated rings. The first-order valence-corrected chi connectivity index (χ1v) is 16.2. The smallest absolute Gasteiger partial charge is 0.369 e. The van der Waals surface area contributed by atoms with E-state index < -0.39 is 17.0 Å². The predicted molar refractivity (Wildman–Crippen MR) is 167 cm³/mol. The average molecular weight is 613 g/mol. The molecule has 1 heterocycles. The topological polar surface area (TPSA) is 93.0 Å². The summed E-state index contributed by atoms with van der Waals surface area (Å²) in [5, 5.41) is 14.7. The third-order valence-corrected chi connectivity index (χ3v) is 10.8. The minimum atomic E-state index is -1.43. The molecule has 9 heteroatoms. The molecule has 3 aromatic rings. The second-order valence-corrected chi connectivity index (χ2v) is 14.9. The Morgan fingerprint density at radius 2 is 1.73 bits per heavy atom. The Balaban J connectivity index is 1.12. The molecule has 5 aliphatic rings. The van der Waals surface area contributed by atoms with E-state index in [4.69, 9.17) is 15.8 Å². The Hall–Kier alpha value is -3.77. The van der Waals surface area contributed by atoms with Crippen LogP contribution in [0.4, 0.5) is 10.1 Å². The van der Waals surface area contributed by atoms with E-state index in [0.717, 1.165) is 55.3 Å². The molecule has 236 valence electrons. The molecule has 45 heavy (non-hydrogen) atoms. The van der Waals surface area contributed by atoms with Crippen molar-refractivity contribution < 1.29 is 23.6 Å². The Morgan fingerprint density at radius 3 is 2.33 bits per heavy atom. The Kier molecular flexibility index (Phi) is 6.90. The molecule has 0 radical (unpaired) electrons. The Morgan fingerprint density at radius 1 is 1.07 bits per heavy atom. The number of alkyl halides is 1. The first-order chi connectivity index (χ1) is 21.3. The molecule has 1 aromatic heterocycles. The normalized spacial score (nSPS) is 29.8. The van der Waals surface area contributed by atoms with Crippen LogP contribution in [-0.4, -0.2) is 39.0 Å². The van der Waals surface area contributed by atoms with Crippen molar-refractivity contribution >= 4 is 11.6 Å². The summed E-state index contributed by atoms with van der Waals surface area (Å²) in [4.78, 5) is 24.2. The number of hydrogen-bond acceptors (Lipinski definition) is 6. The quantitative estimate of drug-likeness (QED) is 0.251. The first kappa shape index (κ1) is 29.9. The minimum absolute atomic E-state index is 0.0290. The van der Waals surface area contributed by atoms with Crippen LogP contribution in [0.2, 0.25) is 0 Å². The van der Waals surface area contributed by atoms with Crippen LogP contribution in [0.5, 0.6) is 5.75 Å². The summed E-state index contributed by atoms with van der Waals surface area (Å²) >= 11 is 0. The van der Waals surface area contributed by atoms with Gasteiger partial charge in [0.15, 0.2) is 11.5 Å². The highest BCUT2D eigenvalue weighted by Crippen LogP contribution is 2.58. The van der Waals surface area contributed by atoms with Crippen LogP contribution in [0.3, 0.4) is 0 Å². The van der Waals surface area contributed by atoms with Gasteiger partial charge in [0.1, 0.15) is 5.75 Å². The molecule has 5 saturated carbocycles. The number of nitrogens with zero attached hydrogens (tertiary/aromatic N) is 4. The molecular weight excluding hydrogens is 571 g/mol. The molecule has 2 aromatic carbocycles. The molecule has 0 atom stereocenters. The van der Waals surface area contributed by atoms with Crippen molar-refractivity contribution in [2.45, 2.75) is 107 Å². The van der Waals surface area contributed by atoms with E-state index in [-0.39, 0.29) is 28.5 Å². The van der Waals surface area contributed by atoms with Gasteiger partial charge in [0, 0.05) is 23.6 Å². The lowest BCUT2D eigenvalue weighted by Crippen LogP contribution is -2.54. The molecule has 8 nitrogen and oxygen atoms in total. The van der Waals surface area contributed by atoms with Crippen LogP contribution in [0.25, 0.3) is 16.0 Å². The first-order valence-electron chi connectivity index (χ1n) is 16.2. The zero-order chi connectivity index (χ0) is 31.7. The van der Waals surface area contributed by atoms with Gasteiger partial charge in [0.2, 0.25) is 5.91 Å². The molecule has 0 aliphatic heterocycles. The lowest BCUT2D eigenvalue weighted by molar-refractivity contribution is -0.137. The van der Waals surface area contributed by atoms with Gasteiger partial charge in [-0.2, -0.15) is 4.98 Å². The molecule has 1 N–H and O–H groups in total. The second kappa shape index (κ2) is 10.4. The zero-order valence-electron chi connectivity index (χ0n) is 26.3. The SMILES string of the molecule is [C-]#[N+]C(C)(C)Oc1ccc(-c2cccc(N(CC34CCC(c5noc(C6(F)CC6)n5)(CC3)CC4)C(=O)C3CC(C)(O)C3)c2)cc1. The molecular formula is C36H41FN4O4. The fraction of sp³-hybridized carbons (Fsp3) is 0.556. The van der Waals surface area contributed by atoms with Crippen molar-refractivity contribution in [2.75, 3.05) is 11.4 Å². The van der Waals surface area contributed by atoms with Crippen LogP contribution < -0.4 is 9.64 Å². The van der Waals surface area contributed by atoms with E-state index >= 15 is 0 Å². The second-order valence-electron chi connectivity index (χ2n) is 14.9. The molecule has 0 spiro atoms. The van der Waals surface area contributed by atoms with Crippen molar-refractivity contribution in [1.82, 2.24) is 10.1 Å². The number of fused-ring (bicyclic) bond motifs is 3. The van der Waals surface area contributed by atoms with Gasteiger partial charge in [0.05, 0.1) is 19.4 Å². The highest BCUT2D eigenvalue weighted by Gasteiger charge is 2.55. The summed E-state index contributed by atoms with van der Waals surface area (Å²) in [5.41, 5.74) is -0.543. The van der Waals surface area contributed by atoms with E-state index in [1.807, 2.05) is 47.4 Å². The third-order valence-electron chi connectivity index (χ3n) is 10.8. The number of anilines is 1. The maximum Gasteiger partial charge on any atom is 0.369 e. The standard InChI is InChI=1S/C36H41FN4O4/c1-32(2,38-4)44-28-10-8-24(9-11-28)25-6-5-7-27(20-25)41(29(42)26-21-33(3,43)22-26)23-34-12-15-35(16-13-34,17-14-34)30-39-31(45-40-30)36(37)18-19-36/h5-11,20,26,43H,12-19,21-23H2,1-3H3. The largest absolute Gasteiger partial charge is 0.422 e. The number of aliphatic hydroxyl groups is 1. The van der Waals surface area contributed by atoms with Crippen LogP contribution >= 0.6 is 0 Å². The molecule has 0 unspecified atom stereocenters. The number of halogens is 1. The van der Waals surface area contributed by atoms with Gasteiger partial charge < -0.3 is 19.3 Å². The number of aromatic nitrogens is 2. The molecule has 0 saturated heterocycles. The molecule has 8 rings (SSSR count). The van der Waals surface area contributed by atoms with Crippen molar-refractivity contribution in [3.8, 4) is 16.9 Å². The minimum Gasteiger partial charge on any atom is -0.422 e. The fourth-order valence-electron chi connectivity index (χ4n) is 7.69. The average Bonchev–Trinajstić information content (AvgIpc) is 3.56. The monoisotopic (exact) mass is 612 g/mol. The summed E-state index contributed by atoms with van der Waals surface area (Å²) < 4.78 is 25.8. The van der Waals surface area contributed by atoms with Crippen LogP contribution in [0, 0.1) is 17.9 Å². The fourth-order valence-corrected chi connectivity index (χ4v) is 7.69. The van der Waals surface area contributed by atoms with Crippen molar-refractivity contribution in [2.24, 2.45) is 11.3 Å². The van der Waals surface area contributed by atoms with Gasteiger partial charge >= 0.3 is 5.72 Å². The van der Waals surface area contributed by atoms with Crippen LogP contribution in [0.15, 0.2) is 53.1 Å². The molecule has 1 amide bonds. The van der Waals surface area contributed by atoms with Gasteiger partial charge in [-0.25, -0.2) is 11.0 Å². The van der Waals surface area contributed by atoms with Crippen molar-refractivity contribution in [3.63, 3.8) is 0 Å². The van der Waals surface area contributed by atoms with E-state index in [9.17, 15) is 14.3 Å². The lowest BCUT2D eigenvalue weighted by atomic mass is 9.53.